The number of rotatable bonds is 11. The van der Waals surface area contributed by atoms with E-state index in [4.69, 9.17) is 9.84 Å². The van der Waals surface area contributed by atoms with Gasteiger partial charge in [-0.25, -0.2) is 17.5 Å². The average Bonchev–Trinajstić information content (AvgIpc) is 3.50. The summed E-state index contributed by atoms with van der Waals surface area (Å²) in [5.74, 6) is -1.40. The quantitative estimate of drug-likeness (QED) is 0.237. The fourth-order valence-corrected chi connectivity index (χ4v) is 7.29. The van der Waals surface area contributed by atoms with Crippen molar-refractivity contribution in [1.29, 1.82) is 0 Å². The van der Waals surface area contributed by atoms with Gasteiger partial charge in [-0.15, -0.1) is 0 Å². The van der Waals surface area contributed by atoms with Crippen molar-refractivity contribution in [2.45, 2.75) is 54.6 Å². The van der Waals surface area contributed by atoms with Gasteiger partial charge in [0, 0.05) is 11.8 Å². The van der Waals surface area contributed by atoms with E-state index in [2.05, 4.69) is 41.1 Å². The lowest BCUT2D eigenvalue weighted by atomic mass is 9.70. The van der Waals surface area contributed by atoms with Gasteiger partial charge in [0.05, 0.1) is 23.6 Å². The number of halogens is 1. The third-order valence-corrected chi connectivity index (χ3v) is 9.44. The van der Waals surface area contributed by atoms with Gasteiger partial charge in [0.25, 0.3) is 0 Å². The number of hydrogen-bond donors (Lipinski definition) is 2. The van der Waals surface area contributed by atoms with Crippen LogP contribution in [0.5, 0.6) is 0 Å². The summed E-state index contributed by atoms with van der Waals surface area (Å²) in [5.41, 5.74) is 2.96. The molecule has 1 aliphatic heterocycles. The molecule has 2 fully saturated rings. The molecule has 8 heteroatoms. The highest BCUT2D eigenvalue weighted by Crippen LogP contribution is 2.54. The van der Waals surface area contributed by atoms with E-state index in [0.717, 1.165) is 28.8 Å². The number of ether oxygens (including phenoxy) is 1. The summed E-state index contributed by atoms with van der Waals surface area (Å²) in [4.78, 5) is 10.8. The van der Waals surface area contributed by atoms with Gasteiger partial charge in [-0.1, -0.05) is 66.7 Å². The molecule has 0 spiro atoms. The number of benzene rings is 3. The van der Waals surface area contributed by atoms with Crippen molar-refractivity contribution in [1.82, 2.24) is 4.72 Å². The largest absolute Gasteiger partial charge is 0.481 e. The summed E-state index contributed by atoms with van der Waals surface area (Å²) in [6, 6.07) is 22.9. The van der Waals surface area contributed by atoms with Gasteiger partial charge in [-0.05, 0) is 72.6 Å². The number of unbranched alkanes of at least 4 members (excludes halogenated alkanes) is 1. The molecule has 0 amide bonds. The molecule has 204 valence electrons. The van der Waals surface area contributed by atoms with Crippen LogP contribution in [0.15, 0.2) is 95.9 Å². The summed E-state index contributed by atoms with van der Waals surface area (Å²) in [7, 11) is -3.90. The fourth-order valence-electron chi connectivity index (χ4n) is 5.99. The van der Waals surface area contributed by atoms with Crippen LogP contribution >= 0.6 is 0 Å². The molecular weight excluding hydrogens is 517 g/mol. The van der Waals surface area contributed by atoms with Crippen LogP contribution in [0, 0.1) is 11.7 Å². The summed E-state index contributed by atoms with van der Waals surface area (Å²) in [6.07, 6.45) is 6.33. The smallest absolute Gasteiger partial charge is 0.303 e. The number of aliphatic carboxylic acids is 1. The standard InChI is InChI=1S/C31H32FNO5S/c32-25-16-18-26(19-17-25)39(36,37)33-30-27(10-6-1-2-7-11-29(34)35)31(20-28(30)38-21-31)24-14-12-23(13-15-24)22-8-4-3-5-9-22/h1,3-6,8-9,12-19,27-28,30,33H,2,7,10-11,20-21H2,(H,34,35)/b6-1-/t27-,28-,30-,31-/m0/s1. The lowest BCUT2D eigenvalue weighted by Gasteiger charge is -2.39. The maximum atomic E-state index is 13.4. The van der Waals surface area contributed by atoms with E-state index in [1.54, 1.807) is 0 Å². The maximum Gasteiger partial charge on any atom is 0.303 e. The Balaban J connectivity index is 1.42. The van der Waals surface area contributed by atoms with Crippen LogP contribution in [0.3, 0.4) is 0 Å². The number of carboxylic acid groups (broad SMARTS) is 1. The SMILES string of the molecule is O=C(O)CCC/C=C\C[C@H]1[C@H](NS(=O)(=O)c2ccc(F)cc2)[C@@H]2C[C@@]1(c1ccc(-c3ccccc3)cc1)CO2. The van der Waals surface area contributed by atoms with Gasteiger partial charge in [-0.3, -0.25) is 4.79 Å². The molecule has 4 atom stereocenters. The minimum atomic E-state index is -3.90. The van der Waals surface area contributed by atoms with Crippen LogP contribution < -0.4 is 4.72 Å². The zero-order valence-electron chi connectivity index (χ0n) is 21.5. The molecule has 1 saturated heterocycles. The molecule has 6 nitrogen and oxygen atoms in total. The molecule has 39 heavy (non-hydrogen) atoms. The van der Waals surface area contributed by atoms with Crippen molar-refractivity contribution in [3.05, 3.63) is 102 Å². The molecule has 0 aromatic heterocycles. The second-order valence-electron chi connectivity index (χ2n) is 10.4. The molecule has 0 radical (unpaired) electrons. The predicted octanol–water partition coefficient (Wildman–Crippen LogP) is 5.70. The molecule has 1 aliphatic carbocycles. The molecule has 2 N–H and O–H groups in total. The van der Waals surface area contributed by atoms with Crippen molar-refractivity contribution < 1.29 is 27.4 Å². The third-order valence-electron chi connectivity index (χ3n) is 7.96. The highest BCUT2D eigenvalue weighted by Gasteiger charge is 2.60. The fraction of sp³-hybridized carbons (Fsp3) is 0.323. The average molecular weight is 550 g/mol. The first-order valence-corrected chi connectivity index (χ1v) is 14.7. The number of allylic oxidation sites excluding steroid dienone is 2. The second kappa shape index (κ2) is 11.4. The van der Waals surface area contributed by atoms with E-state index in [1.165, 1.54) is 12.1 Å². The van der Waals surface area contributed by atoms with Gasteiger partial charge >= 0.3 is 5.97 Å². The molecule has 0 unspecified atom stereocenters. The number of hydrogen-bond acceptors (Lipinski definition) is 4. The molecular formula is C31H32FNO5S. The van der Waals surface area contributed by atoms with E-state index in [-0.39, 0.29) is 28.8 Å². The molecule has 5 rings (SSSR count). The van der Waals surface area contributed by atoms with Gasteiger partial charge in [-0.2, -0.15) is 0 Å². The zero-order valence-corrected chi connectivity index (χ0v) is 22.3. The minimum absolute atomic E-state index is 0.0101. The monoisotopic (exact) mass is 549 g/mol. The normalized spacial score (nSPS) is 24.4. The van der Waals surface area contributed by atoms with Crippen molar-refractivity contribution in [2.24, 2.45) is 5.92 Å². The number of fused-ring (bicyclic) bond motifs is 2. The molecule has 3 aromatic rings. The van der Waals surface area contributed by atoms with E-state index >= 15 is 0 Å². The van der Waals surface area contributed by atoms with E-state index in [0.29, 0.717) is 32.3 Å². The van der Waals surface area contributed by atoms with Crippen molar-refractivity contribution in [3.63, 3.8) is 0 Å². The molecule has 3 aromatic carbocycles. The Kier molecular flexibility index (Phi) is 7.98. The Bertz CT molecular complexity index is 1420. The Morgan fingerprint density at radius 2 is 1.69 bits per heavy atom. The summed E-state index contributed by atoms with van der Waals surface area (Å²) in [5, 5.41) is 8.89. The van der Waals surface area contributed by atoms with E-state index in [9.17, 15) is 17.6 Å². The number of nitrogens with one attached hydrogen (secondary N) is 1. The van der Waals surface area contributed by atoms with Crippen LogP contribution in [0.25, 0.3) is 11.1 Å². The number of carboxylic acids is 1. The number of sulfonamides is 1. The first kappa shape index (κ1) is 27.2. The summed E-state index contributed by atoms with van der Waals surface area (Å²) in [6.45, 7) is 0.495. The Morgan fingerprint density at radius 1 is 1.00 bits per heavy atom. The van der Waals surface area contributed by atoms with Crippen LogP contribution in [-0.2, 0) is 25.0 Å². The molecule has 1 heterocycles. The third kappa shape index (κ3) is 5.83. The van der Waals surface area contributed by atoms with Crippen LogP contribution in [0.4, 0.5) is 4.39 Å². The van der Waals surface area contributed by atoms with Crippen molar-refractivity contribution >= 4 is 16.0 Å². The van der Waals surface area contributed by atoms with Crippen molar-refractivity contribution in [3.8, 4) is 11.1 Å². The minimum Gasteiger partial charge on any atom is -0.481 e. The van der Waals surface area contributed by atoms with Gasteiger partial charge in [0.2, 0.25) is 10.0 Å². The van der Waals surface area contributed by atoms with Crippen LogP contribution in [-0.4, -0.2) is 38.2 Å². The predicted molar refractivity (Wildman–Crippen MR) is 147 cm³/mol. The highest BCUT2D eigenvalue weighted by molar-refractivity contribution is 7.89. The lowest BCUT2D eigenvalue weighted by molar-refractivity contribution is -0.137. The van der Waals surface area contributed by atoms with E-state index in [1.807, 2.05) is 30.4 Å². The summed E-state index contributed by atoms with van der Waals surface area (Å²) < 4.78 is 49.0. The van der Waals surface area contributed by atoms with Crippen LogP contribution in [0.1, 0.15) is 37.7 Å². The Morgan fingerprint density at radius 3 is 2.38 bits per heavy atom. The zero-order chi connectivity index (χ0) is 27.5. The molecule has 2 bridgehead atoms. The molecule has 2 aliphatic rings. The van der Waals surface area contributed by atoms with Gasteiger partial charge < -0.3 is 9.84 Å². The topological polar surface area (TPSA) is 92.7 Å². The van der Waals surface area contributed by atoms with Gasteiger partial charge in [0.1, 0.15) is 5.82 Å². The molecule has 1 saturated carbocycles. The van der Waals surface area contributed by atoms with E-state index < -0.39 is 27.9 Å². The Hall–Kier alpha value is -3.33. The first-order chi connectivity index (χ1) is 18.8. The van der Waals surface area contributed by atoms with Gasteiger partial charge in [0.15, 0.2) is 0 Å². The Labute approximate surface area is 228 Å². The highest BCUT2D eigenvalue weighted by atomic mass is 32.2. The summed E-state index contributed by atoms with van der Waals surface area (Å²) >= 11 is 0. The second-order valence-corrected chi connectivity index (χ2v) is 12.1. The lowest BCUT2D eigenvalue weighted by Crippen LogP contribution is -2.51. The maximum absolute atomic E-state index is 13.4. The first-order valence-electron chi connectivity index (χ1n) is 13.2. The van der Waals surface area contributed by atoms with Crippen molar-refractivity contribution in [2.75, 3.05) is 6.61 Å². The number of carbonyl (C=O) groups is 1. The van der Waals surface area contributed by atoms with Crippen LogP contribution in [0.2, 0.25) is 0 Å².